The second kappa shape index (κ2) is 4.78. The third-order valence-corrected chi connectivity index (χ3v) is 3.55. The zero-order valence-electron chi connectivity index (χ0n) is 9.54. The van der Waals surface area contributed by atoms with Gasteiger partial charge < -0.3 is 19.9 Å². The van der Waals surface area contributed by atoms with Crippen LogP contribution in [-0.2, 0) is 4.74 Å². The maximum absolute atomic E-state index is 14.5. The number of halogens is 1. The number of aliphatic hydroxyl groups excluding tert-OH is 2. The van der Waals surface area contributed by atoms with E-state index in [4.69, 9.17) is 34.3 Å². The van der Waals surface area contributed by atoms with Crippen molar-refractivity contribution in [2.45, 2.75) is 31.0 Å². The second-order valence-corrected chi connectivity index (χ2v) is 5.15. The summed E-state index contributed by atoms with van der Waals surface area (Å²) in [6.07, 6.45) is -2.01. The van der Waals surface area contributed by atoms with Crippen LogP contribution in [-0.4, -0.2) is 44.2 Å². The SMILES string of the molecule is C[C@@]1(F)C(O)[C@@H](CO)O[C@H]1n1ccc(=S)[nH]c1=S. The van der Waals surface area contributed by atoms with Gasteiger partial charge in [-0.3, -0.25) is 4.57 Å². The molecule has 1 aromatic rings. The molecule has 0 radical (unpaired) electrons. The summed E-state index contributed by atoms with van der Waals surface area (Å²) in [5.74, 6) is 0. The van der Waals surface area contributed by atoms with Crippen LogP contribution < -0.4 is 0 Å². The summed E-state index contributed by atoms with van der Waals surface area (Å²) in [7, 11) is 0. The van der Waals surface area contributed by atoms with Crippen LogP contribution in [0.1, 0.15) is 13.2 Å². The van der Waals surface area contributed by atoms with Gasteiger partial charge in [0, 0.05) is 6.20 Å². The molecule has 2 heterocycles. The van der Waals surface area contributed by atoms with Gasteiger partial charge in [0.1, 0.15) is 16.8 Å². The van der Waals surface area contributed by atoms with E-state index >= 15 is 0 Å². The van der Waals surface area contributed by atoms with Crippen molar-refractivity contribution in [2.75, 3.05) is 6.61 Å². The van der Waals surface area contributed by atoms with E-state index in [-0.39, 0.29) is 4.77 Å². The van der Waals surface area contributed by atoms with Crippen molar-refractivity contribution >= 4 is 24.4 Å². The van der Waals surface area contributed by atoms with Crippen LogP contribution in [0.25, 0.3) is 0 Å². The molecule has 1 aliphatic rings. The lowest BCUT2D eigenvalue weighted by atomic mass is 9.99. The number of aromatic amines is 1. The molecule has 0 aromatic carbocycles. The Balaban J connectivity index is 2.45. The normalized spacial score (nSPS) is 35.9. The van der Waals surface area contributed by atoms with Crippen molar-refractivity contribution in [1.29, 1.82) is 0 Å². The minimum absolute atomic E-state index is 0.196. The molecule has 1 unspecified atom stereocenters. The number of hydrogen-bond donors (Lipinski definition) is 3. The van der Waals surface area contributed by atoms with Crippen molar-refractivity contribution in [3.05, 3.63) is 21.7 Å². The molecule has 3 N–H and O–H groups in total. The van der Waals surface area contributed by atoms with E-state index in [1.165, 1.54) is 17.7 Å². The molecule has 2 rings (SSSR count). The topological polar surface area (TPSA) is 70.4 Å². The first-order valence-electron chi connectivity index (χ1n) is 5.32. The van der Waals surface area contributed by atoms with Gasteiger partial charge in [-0.25, -0.2) is 4.39 Å². The number of aliphatic hydroxyl groups is 2. The van der Waals surface area contributed by atoms with Gasteiger partial charge in [-0.05, 0) is 25.2 Å². The van der Waals surface area contributed by atoms with Gasteiger partial charge in [-0.1, -0.05) is 12.2 Å². The minimum atomic E-state index is -2.05. The smallest absolute Gasteiger partial charge is 0.181 e. The molecule has 1 fully saturated rings. The van der Waals surface area contributed by atoms with Crippen molar-refractivity contribution in [3.63, 3.8) is 0 Å². The van der Waals surface area contributed by atoms with Crippen LogP contribution in [0.2, 0.25) is 0 Å². The molecule has 0 aliphatic carbocycles. The van der Waals surface area contributed by atoms with Crippen LogP contribution >= 0.6 is 24.4 Å². The Morgan fingerprint density at radius 2 is 2.28 bits per heavy atom. The Labute approximate surface area is 113 Å². The Morgan fingerprint density at radius 1 is 1.61 bits per heavy atom. The quantitative estimate of drug-likeness (QED) is 0.716. The van der Waals surface area contributed by atoms with Crippen molar-refractivity contribution in [3.8, 4) is 0 Å². The first-order valence-corrected chi connectivity index (χ1v) is 6.14. The van der Waals surface area contributed by atoms with E-state index in [1.807, 2.05) is 0 Å². The molecule has 0 bridgehead atoms. The van der Waals surface area contributed by atoms with Crippen molar-refractivity contribution in [1.82, 2.24) is 9.55 Å². The van der Waals surface area contributed by atoms with E-state index in [1.54, 1.807) is 6.07 Å². The Kier molecular flexibility index (Phi) is 3.65. The molecular weight excluding hydrogens is 279 g/mol. The number of alkyl halides is 1. The lowest BCUT2D eigenvalue weighted by molar-refractivity contribution is -0.0601. The molecule has 100 valence electrons. The number of ether oxygens (including phenoxy) is 1. The van der Waals surface area contributed by atoms with E-state index in [9.17, 15) is 9.50 Å². The largest absolute Gasteiger partial charge is 0.394 e. The Morgan fingerprint density at radius 3 is 2.78 bits per heavy atom. The maximum Gasteiger partial charge on any atom is 0.181 e. The highest BCUT2D eigenvalue weighted by atomic mass is 32.1. The van der Waals surface area contributed by atoms with Crippen LogP contribution in [0.3, 0.4) is 0 Å². The molecule has 0 amide bonds. The predicted molar refractivity (Wildman–Crippen MR) is 67.0 cm³/mol. The average molecular weight is 292 g/mol. The van der Waals surface area contributed by atoms with Gasteiger partial charge in [-0.15, -0.1) is 0 Å². The third kappa shape index (κ3) is 2.14. The predicted octanol–water partition coefficient (Wildman–Crippen LogP) is 1.25. The van der Waals surface area contributed by atoms with Gasteiger partial charge in [-0.2, -0.15) is 0 Å². The highest BCUT2D eigenvalue weighted by molar-refractivity contribution is 7.72. The number of nitrogens with zero attached hydrogens (tertiary/aromatic N) is 1. The van der Waals surface area contributed by atoms with Crippen LogP contribution in [0.5, 0.6) is 0 Å². The first kappa shape index (κ1) is 13.8. The van der Waals surface area contributed by atoms with Gasteiger partial charge in [0.05, 0.1) is 6.61 Å². The van der Waals surface area contributed by atoms with Gasteiger partial charge >= 0.3 is 0 Å². The van der Waals surface area contributed by atoms with Crippen LogP contribution in [0, 0.1) is 9.41 Å². The molecule has 1 aromatic heterocycles. The van der Waals surface area contributed by atoms with Gasteiger partial charge in [0.15, 0.2) is 16.7 Å². The number of H-pyrrole nitrogens is 1. The van der Waals surface area contributed by atoms with E-state index in [2.05, 4.69) is 4.98 Å². The lowest BCUT2D eigenvalue weighted by Crippen LogP contribution is -2.40. The number of hydrogen-bond acceptors (Lipinski definition) is 5. The fourth-order valence-electron chi connectivity index (χ4n) is 1.97. The highest BCUT2D eigenvalue weighted by Gasteiger charge is 2.54. The molecular formula is C10H13FN2O3S2. The van der Waals surface area contributed by atoms with Crippen molar-refractivity contribution < 1.29 is 19.3 Å². The highest BCUT2D eigenvalue weighted by Crippen LogP contribution is 2.41. The number of nitrogens with one attached hydrogen (secondary N) is 1. The summed E-state index contributed by atoms with van der Waals surface area (Å²) in [5, 5.41) is 18.8. The molecule has 18 heavy (non-hydrogen) atoms. The standard InChI is InChI=1S/C10H13FN2O3S2/c1-10(11)7(15)5(4-14)16-8(10)13-3-2-6(17)12-9(13)18/h2-3,5,7-8,14-15H,4H2,1H3,(H,12,17,18)/t5-,7?,8-,10-/m1/s1. The summed E-state index contributed by atoms with van der Waals surface area (Å²) >= 11 is 9.94. The summed E-state index contributed by atoms with van der Waals surface area (Å²) in [4.78, 5) is 2.70. The zero-order chi connectivity index (χ0) is 13.5. The Hall–Kier alpha value is -0.670. The molecule has 1 saturated heterocycles. The van der Waals surface area contributed by atoms with E-state index in [0.29, 0.717) is 4.64 Å². The van der Waals surface area contributed by atoms with E-state index < -0.39 is 30.7 Å². The van der Waals surface area contributed by atoms with Gasteiger partial charge in [0.25, 0.3) is 0 Å². The molecule has 0 saturated carbocycles. The summed E-state index contributed by atoms with van der Waals surface area (Å²) in [6.45, 7) is 0.745. The molecule has 4 atom stereocenters. The molecule has 5 nitrogen and oxygen atoms in total. The van der Waals surface area contributed by atoms with Gasteiger partial charge in [0.2, 0.25) is 0 Å². The average Bonchev–Trinajstić information content (AvgIpc) is 2.52. The van der Waals surface area contributed by atoms with Crippen molar-refractivity contribution in [2.24, 2.45) is 0 Å². The summed E-state index contributed by atoms with van der Waals surface area (Å²) in [5.41, 5.74) is -2.05. The molecule has 0 spiro atoms. The minimum Gasteiger partial charge on any atom is -0.394 e. The molecule has 1 aliphatic heterocycles. The second-order valence-electron chi connectivity index (χ2n) is 4.32. The monoisotopic (exact) mass is 292 g/mol. The maximum atomic E-state index is 14.5. The van der Waals surface area contributed by atoms with Crippen LogP contribution in [0.15, 0.2) is 12.3 Å². The first-order chi connectivity index (χ1) is 8.37. The molecule has 8 heteroatoms. The Bertz CT molecular complexity index is 557. The number of aromatic nitrogens is 2. The fourth-order valence-corrected chi connectivity index (χ4v) is 2.46. The fraction of sp³-hybridized carbons (Fsp3) is 0.600. The summed E-state index contributed by atoms with van der Waals surface area (Å²) < 4.78 is 21.8. The van der Waals surface area contributed by atoms with Crippen LogP contribution in [0.4, 0.5) is 4.39 Å². The van der Waals surface area contributed by atoms with E-state index in [0.717, 1.165) is 0 Å². The summed E-state index contributed by atoms with van der Waals surface area (Å²) in [6, 6.07) is 1.54. The number of rotatable bonds is 2. The zero-order valence-corrected chi connectivity index (χ0v) is 11.2. The third-order valence-electron chi connectivity index (χ3n) is 3.00. The lowest BCUT2D eigenvalue weighted by Gasteiger charge is -2.25.